The lowest BCUT2D eigenvalue weighted by atomic mass is 9.94. The molecule has 0 bridgehead atoms. The van der Waals surface area contributed by atoms with E-state index in [0.29, 0.717) is 6.42 Å². The van der Waals surface area contributed by atoms with Crippen LogP contribution in [0.15, 0.2) is 6.20 Å². The fourth-order valence-corrected chi connectivity index (χ4v) is 1.11. The minimum Gasteiger partial charge on any atom is -0.298 e. The zero-order valence-corrected chi connectivity index (χ0v) is 9.98. The quantitative estimate of drug-likeness (QED) is 0.715. The number of nitrogens with zero attached hydrogens (tertiary/aromatic N) is 4. The molecule has 0 radical (unpaired) electrons. The molecule has 1 rings (SSSR count). The van der Waals surface area contributed by atoms with E-state index >= 15 is 0 Å². The van der Waals surface area contributed by atoms with E-state index in [2.05, 4.69) is 10.3 Å². The first-order valence-electron chi connectivity index (χ1n) is 4.90. The minimum absolute atomic E-state index is 0.146. The summed E-state index contributed by atoms with van der Waals surface area (Å²) in [5.74, 6) is 0.146. The highest BCUT2D eigenvalue weighted by atomic mass is 16.1. The van der Waals surface area contributed by atoms with Gasteiger partial charge in [-0.1, -0.05) is 5.21 Å². The Morgan fingerprint density at radius 2 is 2.13 bits per heavy atom. The molecule has 1 heterocycles. The predicted molar refractivity (Wildman–Crippen MR) is 57.5 cm³/mol. The summed E-state index contributed by atoms with van der Waals surface area (Å²) in [7, 11) is 5.58. The molecule has 1 aromatic heterocycles. The molecule has 0 saturated heterocycles. The van der Waals surface area contributed by atoms with Crippen molar-refractivity contribution in [2.24, 2.45) is 7.05 Å². The first kappa shape index (κ1) is 11.8. The highest BCUT2D eigenvalue weighted by Gasteiger charge is 2.29. The third-order valence-corrected chi connectivity index (χ3v) is 2.79. The lowest BCUT2D eigenvalue weighted by Crippen LogP contribution is -2.46. The maximum Gasteiger partial charge on any atom is 0.158 e. The SMILES string of the molecule is CN(C)C(C)(C)C(=O)Cc1cn(C)nn1. The maximum atomic E-state index is 12.0. The largest absolute Gasteiger partial charge is 0.298 e. The third kappa shape index (κ3) is 2.62. The van der Waals surface area contributed by atoms with E-state index in [-0.39, 0.29) is 5.78 Å². The van der Waals surface area contributed by atoms with E-state index in [9.17, 15) is 4.79 Å². The highest BCUT2D eigenvalue weighted by molar-refractivity contribution is 5.88. The van der Waals surface area contributed by atoms with Crippen LogP contribution in [0.1, 0.15) is 19.5 Å². The van der Waals surface area contributed by atoms with Crippen molar-refractivity contribution in [3.05, 3.63) is 11.9 Å². The number of rotatable bonds is 4. The molecule has 1 aromatic rings. The fraction of sp³-hybridized carbons (Fsp3) is 0.700. The summed E-state index contributed by atoms with van der Waals surface area (Å²) < 4.78 is 1.60. The normalized spacial score (nSPS) is 12.1. The van der Waals surface area contributed by atoms with E-state index in [0.717, 1.165) is 5.69 Å². The molecule has 5 heteroatoms. The first-order chi connectivity index (χ1) is 6.84. The Morgan fingerprint density at radius 3 is 2.53 bits per heavy atom. The molecule has 0 fully saturated rings. The zero-order valence-electron chi connectivity index (χ0n) is 9.98. The van der Waals surface area contributed by atoms with Crippen LogP contribution in [0.5, 0.6) is 0 Å². The van der Waals surface area contributed by atoms with Crippen molar-refractivity contribution in [1.29, 1.82) is 0 Å². The fourth-order valence-electron chi connectivity index (χ4n) is 1.11. The summed E-state index contributed by atoms with van der Waals surface area (Å²) in [6.07, 6.45) is 2.10. The van der Waals surface area contributed by atoms with E-state index < -0.39 is 5.54 Å². The Kier molecular flexibility index (Phi) is 3.24. The van der Waals surface area contributed by atoms with Crippen molar-refractivity contribution in [2.75, 3.05) is 14.1 Å². The molecule has 0 aliphatic heterocycles. The summed E-state index contributed by atoms with van der Waals surface area (Å²) in [4.78, 5) is 13.9. The number of carbonyl (C=O) groups excluding carboxylic acids is 1. The average molecular weight is 210 g/mol. The van der Waals surface area contributed by atoms with Crippen LogP contribution in [0.3, 0.4) is 0 Å². The van der Waals surface area contributed by atoms with Crippen molar-refractivity contribution in [3.8, 4) is 0 Å². The summed E-state index contributed by atoms with van der Waals surface area (Å²) in [6, 6.07) is 0. The van der Waals surface area contributed by atoms with Gasteiger partial charge in [0.15, 0.2) is 5.78 Å². The summed E-state index contributed by atoms with van der Waals surface area (Å²) in [5, 5.41) is 7.70. The molecule has 15 heavy (non-hydrogen) atoms. The summed E-state index contributed by atoms with van der Waals surface area (Å²) in [6.45, 7) is 3.82. The number of carbonyl (C=O) groups is 1. The lowest BCUT2D eigenvalue weighted by molar-refractivity contribution is -0.127. The Bertz CT molecular complexity index is 354. The van der Waals surface area contributed by atoms with Gasteiger partial charge < -0.3 is 0 Å². The van der Waals surface area contributed by atoms with Gasteiger partial charge in [0.1, 0.15) is 0 Å². The van der Waals surface area contributed by atoms with Gasteiger partial charge in [0, 0.05) is 13.2 Å². The van der Waals surface area contributed by atoms with Gasteiger partial charge in [-0.15, -0.1) is 5.10 Å². The van der Waals surface area contributed by atoms with Gasteiger partial charge in [-0.25, -0.2) is 0 Å². The van der Waals surface area contributed by atoms with E-state index in [1.807, 2.05) is 32.8 Å². The van der Waals surface area contributed by atoms with Gasteiger partial charge in [-0.05, 0) is 27.9 Å². The molecule has 0 N–H and O–H groups in total. The Balaban J connectivity index is 2.71. The predicted octanol–water partition coefficient (Wildman–Crippen LogP) is 0.267. The van der Waals surface area contributed by atoms with Gasteiger partial charge in [0.25, 0.3) is 0 Å². The number of Topliss-reactive ketones (excluding diaryl/α,β-unsaturated/α-hetero) is 1. The van der Waals surface area contributed by atoms with Gasteiger partial charge in [0.05, 0.1) is 17.7 Å². The van der Waals surface area contributed by atoms with Crippen LogP contribution in [0.25, 0.3) is 0 Å². The van der Waals surface area contributed by atoms with Gasteiger partial charge >= 0.3 is 0 Å². The van der Waals surface area contributed by atoms with E-state index in [1.165, 1.54) is 0 Å². The number of hydrogen-bond acceptors (Lipinski definition) is 4. The Morgan fingerprint density at radius 1 is 1.53 bits per heavy atom. The average Bonchev–Trinajstić information content (AvgIpc) is 2.50. The molecule has 0 unspecified atom stereocenters. The number of likely N-dealkylation sites (N-methyl/N-ethyl adjacent to an activating group) is 1. The molecule has 0 aliphatic carbocycles. The molecule has 0 amide bonds. The molecular formula is C10H18N4O. The topological polar surface area (TPSA) is 51.0 Å². The number of hydrogen-bond donors (Lipinski definition) is 0. The van der Waals surface area contributed by atoms with Gasteiger partial charge in [-0.2, -0.15) is 0 Å². The first-order valence-corrected chi connectivity index (χ1v) is 4.90. The number of aromatic nitrogens is 3. The molecular weight excluding hydrogens is 192 g/mol. The summed E-state index contributed by atoms with van der Waals surface area (Å²) >= 11 is 0. The molecule has 0 saturated carbocycles. The smallest absolute Gasteiger partial charge is 0.158 e. The lowest BCUT2D eigenvalue weighted by Gasteiger charge is -2.30. The van der Waals surface area contributed by atoms with Gasteiger partial charge in [0.2, 0.25) is 0 Å². The van der Waals surface area contributed by atoms with Crippen molar-refractivity contribution < 1.29 is 4.79 Å². The molecule has 0 atom stereocenters. The second-order valence-corrected chi connectivity index (χ2v) is 4.44. The molecule has 0 aliphatic rings. The van der Waals surface area contributed by atoms with Crippen LogP contribution in [-0.4, -0.2) is 45.3 Å². The van der Waals surface area contributed by atoms with E-state index in [4.69, 9.17) is 0 Å². The minimum atomic E-state index is -0.461. The summed E-state index contributed by atoms with van der Waals surface area (Å²) in [5.41, 5.74) is 0.259. The Hall–Kier alpha value is -1.23. The third-order valence-electron chi connectivity index (χ3n) is 2.79. The number of aryl methyl sites for hydroxylation is 1. The molecule has 84 valence electrons. The second-order valence-electron chi connectivity index (χ2n) is 4.44. The van der Waals surface area contributed by atoms with Crippen LogP contribution >= 0.6 is 0 Å². The molecule has 0 spiro atoms. The van der Waals surface area contributed by atoms with Crippen molar-refractivity contribution in [1.82, 2.24) is 19.9 Å². The van der Waals surface area contributed by atoms with Crippen LogP contribution in [-0.2, 0) is 18.3 Å². The van der Waals surface area contributed by atoms with Crippen LogP contribution in [0.4, 0.5) is 0 Å². The number of ketones is 1. The van der Waals surface area contributed by atoms with Crippen LogP contribution < -0.4 is 0 Å². The second kappa shape index (κ2) is 4.10. The molecule has 5 nitrogen and oxygen atoms in total. The van der Waals surface area contributed by atoms with Gasteiger partial charge in [-0.3, -0.25) is 14.4 Å². The van der Waals surface area contributed by atoms with E-state index in [1.54, 1.807) is 17.9 Å². The van der Waals surface area contributed by atoms with Crippen LogP contribution in [0.2, 0.25) is 0 Å². The van der Waals surface area contributed by atoms with Crippen molar-refractivity contribution in [3.63, 3.8) is 0 Å². The zero-order chi connectivity index (χ0) is 11.6. The standard InChI is InChI=1S/C10H18N4O/c1-10(2,13(3)4)9(15)6-8-7-14(5)12-11-8/h7H,6H2,1-5H3. The van der Waals surface area contributed by atoms with Crippen molar-refractivity contribution in [2.45, 2.75) is 25.8 Å². The molecule has 0 aromatic carbocycles. The highest BCUT2D eigenvalue weighted by Crippen LogP contribution is 2.13. The Labute approximate surface area is 90.1 Å². The van der Waals surface area contributed by atoms with Crippen molar-refractivity contribution >= 4 is 5.78 Å². The maximum absolute atomic E-state index is 12.0. The monoisotopic (exact) mass is 210 g/mol. The van der Waals surface area contributed by atoms with Crippen LogP contribution in [0, 0.1) is 0 Å².